The summed E-state index contributed by atoms with van der Waals surface area (Å²) < 4.78 is 4.35. The van der Waals surface area contributed by atoms with Gasteiger partial charge in [0.1, 0.15) is 0 Å². The molecule has 8 aromatic rings. The highest BCUT2D eigenvalue weighted by atomic mass is 15.1. The van der Waals surface area contributed by atoms with Crippen LogP contribution in [0.2, 0.25) is 0 Å². The Labute approximate surface area is 273 Å². The molecule has 9 rings (SSSR count). The molecule has 0 atom stereocenters. The van der Waals surface area contributed by atoms with Gasteiger partial charge in [-0.05, 0) is 114 Å². The maximum absolute atomic E-state index is 4.72. The number of pyridine rings is 3. The third kappa shape index (κ3) is 5.10. The van der Waals surface area contributed by atoms with Gasteiger partial charge in [0.15, 0.2) is 0 Å². The van der Waals surface area contributed by atoms with Gasteiger partial charge in [-0.15, -0.1) is 0 Å². The zero-order chi connectivity index (χ0) is 31.2. The van der Waals surface area contributed by atoms with Gasteiger partial charge in [0.05, 0.1) is 5.52 Å². The summed E-state index contributed by atoms with van der Waals surface area (Å²) in [5.41, 5.74) is 14.3. The minimum atomic E-state index is 0.928. The number of hydrogen-bond donors (Lipinski definition) is 0. The minimum Gasteiger partial charge on any atom is -0.323 e. The van der Waals surface area contributed by atoms with Crippen molar-refractivity contribution in [1.29, 1.82) is 0 Å². The van der Waals surface area contributed by atoms with Crippen LogP contribution in [0.25, 0.3) is 49.8 Å². The Morgan fingerprint density at radius 2 is 1.11 bits per heavy atom. The predicted molar refractivity (Wildman–Crippen MR) is 195 cm³/mol. The molecule has 0 N–H and O–H groups in total. The molecule has 0 amide bonds. The summed E-state index contributed by atoms with van der Waals surface area (Å²) in [5.74, 6) is 0. The molecule has 224 valence electrons. The fourth-order valence-corrected chi connectivity index (χ4v) is 6.81. The number of anilines is 2. The van der Waals surface area contributed by atoms with E-state index in [1.807, 2.05) is 12.3 Å². The summed E-state index contributed by atoms with van der Waals surface area (Å²) in [7, 11) is 0. The molecular formula is C43H32N4. The van der Waals surface area contributed by atoms with E-state index in [0.29, 0.717) is 0 Å². The average Bonchev–Trinajstić information content (AvgIpc) is 3.78. The summed E-state index contributed by atoms with van der Waals surface area (Å²) in [6.07, 6.45) is 17.1. The second-order valence-electron chi connectivity index (χ2n) is 12.2. The van der Waals surface area contributed by atoms with Crippen molar-refractivity contribution in [2.45, 2.75) is 12.8 Å². The molecule has 0 spiro atoms. The third-order valence-corrected chi connectivity index (χ3v) is 9.30. The van der Waals surface area contributed by atoms with Crippen LogP contribution in [0.5, 0.6) is 0 Å². The number of para-hydroxylation sites is 1. The Bertz CT molecular complexity index is 2270. The van der Waals surface area contributed by atoms with Crippen LogP contribution in [0.3, 0.4) is 0 Å². The number of allylic oxidation sites excluding steroid dienone is 4. The molecule has 0 unspecified atom stereocenters. The lowest BCUT2D eigenvalue weighted by Gasteiger charge is -2.30. The van der Waals surface area contributed by atoms with Crippen molar-refractivity contribution < 1.29 is 0 Å². The Balaban J connectivity index is 1.08. The number of fused-ring (bicyclic) bond motifs is 3. The largest absolute Gasteiger partial charge is 0.323 e. The first-order valence-corrected chi connectivity index (χ1v) is 16.1. The van der Waals surface area contributed by atoms with Crippen LogP contribution in [0.15, 0.2) is 176 Å². The van der Waals surface area contributed by atoms with Crippen molar-refractivity contribution >= 4 is 38.9 Å². The van der Waals surface area contributed by atoms with Gasteiger partial charge in [0.2, 0.25) is 0 Å². The first kappa shape index (κ1) is 27.2. The molecule has 0 bridgehead atoms. The minimum absolute atomic E-state index is 0.928. The Morgan fingerprint density at radius 3 is 1.68 bits per heavy atom. The van der Waals surface area contributed by atoms with Crippen molar-refractivity contribution in [3.8, 4) is 22.3 Å². The quantitative estimate of drug-likeness (QED) is 0.189. The zero-order valence-electron chi connectivity index (χ0n) is 25.9. The van der Waals surface area contributed by atoms with Gasteiger partial charge in [-0.25, -0.2) is 0 Å². The molecular weight excluding hydrogens is 573 g/mol. The van der Waals surface area contributed by atoms with Crippen LogP contribution in [0.1, 0.15) is 18.4 Å². The number of rotatable bonds is 6. The van der Waals surface area contributed by atoms with Crippen LogP contribution in [-0.4, -0.2) is 13.8 Å². The van der Waals surface area contributed by atoms with E-state index in [-0.39, 0.29) is 0 Å². The highest BCUT2D eigenvalue weighted by Gasteiger charge is 2.19. The maximum Gasteiger partial charge on any atom is 0.0702 e. The SMILES string of the molecule is C1=C(c2cnc3ccccc3c2)CCC(N(c2ccc(-c3cc4ccccn4c3)cc2)c2ccc(-c3cc4ccccn4c3)cc2)=C1. The molecule has 0 fully saturated rings. The van der Waals surface area contributed by atoms with Crippen LogP contribution in [0.4, 0.5) is 11.4 Å². The highest BCUT2D eigenvalue weighted by Crippen LogP contribution is 2.38. The average molecular weight is 605 g/mol. The molecule has 1 aliphatic rings. The molecule has 0 radical (unpaired) electrons. The Morgan fingerprint density at radius 1 is 0.511 bits per heavy atom. The van der Waals surface area contributed by atoms with Crippen molar-refractivity contribution in [1.82, 2.24) is 13.8 Å². The van der Waals surface area contributed by atoms with Gasteiger partial charge in [-0.1, -0.05) is 60.7 Å². The Kier molecular flexibility index (Phi) is 6.57. The smallest absolute Gasteiger partial charge is 0.0702 e. The van der Waals surface area contributed by atoms with Gasteiger partial charge in [0, 0.05) is 75.6 Å². The third-order valence-electron chi connectivity index (χ3n) is 9.30. The summed E-state index contributed by atoms with van der Waals surface area (Å²) in [5, 5.41) is 1.18. The summed E-state index contributed by atoms with van der Waals surface area (Å²) in [4.78, 5) is 7.13. The molecule has 3 aromatic carbocycles. The van der Waals surface area contributed by atoms with Crippen molar-refractivity contribution in [2.75, 3.05) is 4.90 Å². The predicted octanol–water partition coefficient (Wildman–Crippen LogP) is 11.0. The van der Waals surface area contributed by atoms with Gasteiger partial charge >= 0.3 is 0 Å². The molecule has 0 aliphatic heterocycles. The van der Waals surface area contributed by atoms with E-state index in [0.717, 1.165) is 29.7 Å². The molecule has 4 nitrogen and oxygen atoms in total. The molecule has 1 aliphatic carbocycles. The van der Waals surface area contributed by atoms with E-state index in [1.54, 1.807) is 0 Å². The molecule has 0 saturated heterocycles. The monoisotopic (exact) mass is 604 g/mol. The normalized spacial score (nSPS) is 13.2. The Hall–Kier alpha value is -6.13. The summed E-state index contributed by atoms with van der Waals surface area (Å²) in [6.45, 7) is 0. The van der Waals surface area contributed by atoms with E-state index < -0.39 is 0 Å². The topological polar surface area (TPSA) is 25.0 Å². The molecule has 5 aromatic heterocycles. The van der Waals surface area contributed by atoms with E-state index in [9.17, 15) is 0 Å². The lowest BCUT2D eigenvalue weighted by Crippen LogP contribution is -2.17. The fraction of sp³-hybridized carbons (Fsp3) is 0.0465. The van der Waals surface area contributed by atoms with Crippen molar-refractivity contribution in [3.05, 3.63) is 182 Å². The van der Waals surface area contributed by atoms with Gasteiger partial charge in [-0.3, -0.25) is 4.98 Å². The molecule has 5 heterocycles. The maximum atomic E-state index is 4.72. The first-order valence-electron chi connectivity index (χ1n) is 16.1. The summed E-state index contributed by atoms with van der Waals surface area (Å²) >= 11 is 0. The van der Waals surface area contributed by atoms with Gasteiger partial charge in [-0.2, -0.15) is 0 Å². The number of nitrogens with zero attached hydrogens (tertiary/aromatic N) is 4. The van der Waals surface area contributed by atoms with Crippen LogP contribution < -0.4 is 4.90 Å². The van der Waals surface area contributed by atoms with Crippen LogP contribution in [-0.2, 0) is 0 Å². The lowest BCUT2D eigenvalue weighted by molar-refractivity contribution is 0.929. The molecule has 47 heavy (non-hydrogen) atoms. The number of hydrogen-bond acceptors (Lipinski definition) is 2. The van der Waals surface area contributed by atoms with E-state index >= 15 is 0 Å². The van der Waals surface area contributed by atoms with Gasteiger partial charge in [0.25, 0.3) is 0 Å². The van der Waals surface area contributed by atoms with E-state index in [4.69, 9.17) is 4.98 Å². The highest BCUT2D eigenvalue weighted by molar-refractivity contribution is 5.84. The zero-order valence-corrected chi connectivity index (χ0v) is 25.9. The van der Waals surface area contributed by atoms with Crippen LogP contribution >= 0.6 is 0 Å². The van der Waals surface area contributed by atoms with Crippen LogP contribution in [0, 0.1) is 0 Å². The molecule has 4 heteroatoms. The van der Waals surface area contributed by atoms with Crippen molar-refractivity contribution in [2.24, 2.45) is 0 Å². The van der Waals surface area contributed by atoms with E-state index in [1.165, 1.54) is 55.5 Å². The van der Waals surface area contributed by atoms with Gasteiger partial charge < -0.3 is 13.7 Å². The number of aromatic nitrogens is 3. The summed E-state index contributed by atoms with van der Waals surface area (Å²) in [6, 6.07) is 45.6. The standard InChI is InChI=1S/C43H32N4/c1-2-10-43-34(7-1)25-35(28-44-43)31-11-17-38(18-12-31)47(39-19-13-32(14-20-39)36-26-41-8-3-5-23-45(41)29-36)40-21-15-33(16-22-40)37-27-42-9-4-6-24-46(42)30-37/h1-11,13-17,19-30H,12,18H2. The lowest BCUT2D eigenvalue weighted by atomic mass is 9.95. The first-order chi connectivity index (χ1) is 23.2. The molecule has 0 saturated carbocycles. The number of benzene rings is 3. The van der Waals surface area contributed by atoms with Crippen molar-refractivity contribution in [3.63, 3.8) is 0 Å². The second-order valence-corrected chi connectivity index (χ2v) is 12.2. The second kappa shape index (κ2) is 11.3. The fourth-order valence-electron chi connectivity index (χ4n) is 6.81. The van der Waals surface area contributed by atoms with E-state index in [2.05, 4.69) is 172 Å².